The van der Waals surface area contributed by atoms with Crippen LogP contribution in [0.1, 0.15) is 43.2 Å². The second-order valence-electron chi connectivity index (χ2n) is 5.37. The molecule has 2 aromatic rings. The topological polar surface area (TPSA) is 54.9 Å². The number of nitrogens with one attached hydrogen (secondary N) is 1. The normalized spacial score (nSPS) is 12.5. The van der Waals surface area contributed by atoms with Crippen molar-refractivity contribution in [1.29, 1.82) is 0 Å². The van der Waals surface area contributed by atoms with Crippen LogP contribution in [0, 0.1) is 0 Å². The molecule has 0 fully saturated rings. The molecule has 0 spiro atoms. The fourth-order valence-electron chi connectivity index (χ4n) is 2.31. The summed E-state index contributed by atoms with van der Waals surface area (Å²) in [7, 11) is 0. The molecule has 0 unspecified atom stereocenters. The van der Waals surface area contributed by atoms with E-state index >= 15 is 0 Å². The number of allylic oxidation sites excluding steroid dienone is 1. The first-order valence-electron chi connectivity index (χ1n) is 7.83. The van der Waals surface area contributed by atoms with Gasteiger partial charge in [0.05, 0.1) is 5.57 Å². The molecule has 1 N–H and O–H groups in total. The Morgan fingerprint density at radius 3 is 2.40 bits per heavy atom. The summed E-state index contributed by atoms with van der Waals surface area (Å²) >= 11 is 1.18. The summed E-state index contributed by atoms with van der Waals surface area (Å²) in [5, 5.41) is 11.2. The Morgan fingerprint density at radius 1 is 1.20 bits per heavy atom. The summed E-state index contributed by atoms with van der Waals surface area (Å²) in [6, 6.07) is 7.20. The molecule has 0 aliphatic heterocycles. The number of hydrogen-bond donors (Lipinski definition) is 1. The van der Waals surface area contributed by atoms with E-state index in [0.717, 1.165) is 17.8 Å². The van der Waals surface area contributed by atoms with Crippen LogP contribution in [0.25, 0.3) is 5.57 Å². The van der Waals surface area contributed by atoms with Crippen molar-refractivity contribution in [2.75, 3.05) is 5.32 Å². The third-order valence-corrected chi connectivity index (χ3v) is 4.67. The molecule has 1 amide bonds. The Labute approximate surface area is 147 Å². The Balaban J connectivity index is 2.20. The second kappa shape index (κ2) is 8.24. The molecule has 0 radical (unpaired) electrons. The molecule has 0 bridgehead atoms. The highest BCUT2D eigenvalue weighted by atomic mass is 32.1. The number of nitrogens with zero attached hydrogens (tertiary/aromatic N) is 2. The first kappa shape index (κ1) is 19.1. The van der Waals surface area contributed by atoms with Gasteiger partial charge in [0.2, 0.25) is 5.13 Å². The summed E-state index contributed by atoms with van der Waals surface area (Å²) < 4.78 is 39.7. The lowest BCUT2D eigenvalue weighted by Gasteiger charge is -2.11. The van der Waals surface area contributed by atoms with Crippen molar-refractivity contribution in [3.63, 3.8) is 0 Å². The van der Waals surface area contributed by atoms with Gasteiger partial charge in [0.15, 0.2) is 0 Å². The van der Waals surface area contributed by atoms with Gasteiger partial charge < -0.3 is 0 Å². The molecule has 25 heavy (non-hydrogen) atoms. The molecule has 134 valence electrons. The highest BCUT2D eigenvalue weighted by Gasteiger charge is 2.35. The second-order valence-corrected chi connectivity index (χ2v) is 6.38. The van der Waals surface area contributed by atoms with E-state index in [1.807, 2.05) is 13.8 Å². The average molecular weight is 369 g/mol. The molecule has 0 aliphatic carbocycles. The van der Waals surface area contributed by atoms with Crippen LogP contribution in [0.4, 0.5) is 18.3 Å². The lowest BCUT2D eigenvalue weighted by molar-refractivity contribution is -0.112. The molecule has 1 aromatic carbocycles. The standard InChI is InChI=1S/C17H18F3N3OS/c1-3-11(4-2)15-22-23-16(25-15)21-14(24)10-13(17(18,19)20)12-8-6-5-7-9-12/h5-11H,3-4H2,1-2H3,(H,21,23,24)/b13-10-. The number of halogens is 3. The predicted octanol–water partition coefficient (Wildman–Crippen LogP) is 5.03. The molecular formula is C17H18F3N3OS. The molecule has 4 nitrogen and oxygen atoms in total. The Bertz CT molecular complexity index is 737. The highest BCUT2D eigenvalue weighted by Crippen LogP contribution is 2.34. The van der Waals surface area contributed by atoms with Crippen LogP contribution >= 0.6 is 11.3 Å². The Morgan fingerprint density at radius 2 is 1.84 bits per heavy atom. The minimum absolute atomic E-state index is 0.0693. The number of alkyl halides is 3. The smallest absolute Gasteiger partial charge is 0.297 e. The summed E-state index contributed by atoms with van der Waals surface area (Å²) in [5.74, 6) is -0.655. The average Bonchev–Trinajstić information content (AvgIpc) is 3.02. The number of anilines is 1. The van der Waals surface area contributed by atoms with E-state index in [-0.39, 0.29) is 16.6 Å². The third kappa shape index (κ3) is 5.12. The lowest BCUT2D eigenvalue weighted by atomic mass is 10.1. The maximum absolute atomic E-state index is 13.2. The lowest BCUT2D eigenvalue weighted by Crippen LogP contribution is -2.16. The van der Waals surface area contributed by atoms with E-state index < -0.39 is 17.7 Å². The van der Waals surface area contributed by atoms with E-state index in [9.17, 15) is 18.0 Å². The zero-order valence-corrected chi connectivity index (χ0v) is 14.6. The van der Waals surface area contributed by atoms with Gasteiger partial charge in [-0.15, -0.1) is 10.2 Å². The first-order valence-corrected chi connectivity index (χ1v) is 8.65. The van der Waals surface area contributed by atoms with Crippen molar-refractivity contribution in [3.8, 4) is 0 Å². The van der Waals surface area contributed by atoms with Gasteiger partial charge in [0.1, 0.15) is 5.01 Å². The largest absolute Gasteiger partial charge is 0.417 e. The number of benzene rings is 1. The van der Waals surface area contributed by atoms with E-state index in [2.05, 4.69) is 15.5 Å². The molecule has 0 atom stereocenters. The third-order valence-electron chi connectivity index (χ3n) is 3.67. The van der Waals surface area contributed by atoms with Gasteiger partial charge in [-0.25, -0.2) is 0 Å². The molecule has 8 heteroatoms. The number of hydrogen-bond acceptors (Lipinski definition) is 4. The molecule has 0 saturated carbocycles. The van der Waals surface area contributed by atoms with Gasteiger partial charge in [-0.1, -0.05) is 55.5 Å². The van der Waals surface area contributed by atoms with Crippen LogP contribution in [-0.4, -0.2) is 22.3 Å². The zero-order chi connectivity index (χ0) is 18.4. The van der Waals surface area contributed by atoms with Crippen molar-refractivity contribution >= 4 is 27.9 Å². The van der Waals surface area contributed by atoms with Crippen LogP contribution in [0.3, 0.4) is 0 Å². The number of aromatic nitrogens is 2. The molecule has 1 aromatic heterocycles. The molecule has 2 rings (SSSR count). The van der Waals surface area contributed by atoms with Crippen molar-refractivity contribution in [1.82, 2.24) is 10.2 Å². The quantitative estimate of drug-likeness (QED) is 0.727. The van der Waals surface area contributed by atoms with Gasteiger partial charge in [-0.05, 0) is 18.4 Å². The summed E-state index contributed by atoms with van der Waals surface area (Å²) in [6.45, 7) is 4.04. The number of carbonyl (C=O) groups excluding carboxylic acids is 1. The van der Waals surface area contributed by atoms with E-state index in [0.29, 0.717) is 6.08 Å². The minimum atomic E-state index is -4.64. The van der Waals surface area contributed by atoms with Crippen LogP contribution in [0.2, 0.25) is 0 Å². The van der Waals surface area contributed by atoms with Crippen LogP contribution in [-0.2, 0) is 4.79 Å². The SMILES string of the molecule is CCC(CC)c1nnc(NC(=O)/C=C(/c2ccccc2)C(F)(F)F)s1. The van der Waals surface area contributed by atoms with Crippen molar-refractivity contribution in [3.05, 3.63) is 47.0 Å². The maximum atomic E-state index is 13.2. The zero-order valence-electron chi connectivity index (χ0n) is 13.8. The van der Waals surface area contributed by atoms with Crippen molar-refractivity contribution in [2.45, 2.75) is 38.8 Å². The van der Waals surface area contributed by atoms with E-state index in [1.54, 1.807) is 6.07 Å². The molecule has 0 aliphatic rings. The van der Waals surface area contributed by atoms with Crippen LogP contribution < -0.4 is 5.32 Å². The van der Waals surface area contributed by atoms with Gasteiger partial charge in [0, 0.05) is 12.0 Å². The first-order chi connectivity index (χ1) is 11.8. The van der Waals surface area contributed by atoms with Gasteiger partial charge in [0.25, 0.3) is 5.91 Å². The molecule has 0 saturated heterocycles. The molecular weight excluding hydrogens is 351 g/mol. The maximum Gasteiger partial charge on any atom is 0.417 e. The number of amides is 1. The van der Waals surface area contributed by atoms with Crippen LogP contribution in [0.15, 0.2) is 36.4 Å². The summed E-state index contributed by atoms with van der Waals surface area (Å²) in [6.07, 6.45) is -2.33. The van der Waals surface area contributed by atoms with Gasteiger partial charge in [-0.2, -0.15) is 13.2 Å². The molecule has 1 heterocycles. The van der Waals surface area contributed by atoms with Crippen molar-refractivity contribution < 1.29 is 18.0 Å². The highest BCUT2D eigenvalue weighted by molar-refractivity contribution is 7.15. The fraction of sp³-hybridized carbons (Fsp3) is 0.353. The predicted molar refractivity (Wildman–Crippen MR) is 92.3 cm³/mol. The van der Waals surface area contributed by atoms with Gasteiger partial charge in [-0.3, -0.25) is 10.1 Å². The Hall–Kier alpha value is -2.22. The van der Waals surface area contributed by atoms with Crippen LogP contribution in [0.5, 0.6) is 0 Å². The summed E-state index contributed by atoms with van der Waals surface area (Å²) in [4.78, 5) is 12.0. The van der Waals surface area contributed by atoms with E-state index in [1.165, 1.54) is 35.6 Å². The Kier molecular flexibility index (Phi) is 6.30. The fourth-order valence-corrected chi connectivity index (χ4v) is 3.32. The van der Waals surface area contributed by atoms with Gasteiger partial charge >= 0.3 is 6.18 Å². The number of carbonyl (C=O) groups is 1. The van der Waals surface area contributed by atoms with E-state index in [4.69, 9.17) is 0 Å². The monoisotopic (exact) mass is 369 g/mol. The minimum Gasteiger partial charge on any atom is -0.297 e. The number of rotatable bonds is 6. The van der Waals surface area contributed by atoms with Crippen molar-refractivity contribution in [2.24, 2.45) is 0 Å². The summed E-state index contributed by atoms with van der Waals surface area (Å²) in [5.41, 5.74) is -1.07.